The molecule has 1 aliphatic heterocycles. The van der Waals surface area contributed by atoms with Gasteiger partial charge in [0.05, 0.1) is 6.54 Å². The highest BCUT2D eigenvalue weighted by atomic mass is 16.2. The Kier molecular flexibility index (Phi) is 18.5. The van der Waals surface area contributed by atoms with Gasteiger partial charge in [-0.05, 0) is 56.9 Å². The number of hydrogen-bond donors (Lipinski definition) is 1. The van der Waals surface area contributed by atoms with E-state index < -0.39 is 0 Å². The standard InChI is InChI=1S/C22H26N4O2.C5H10.C2H6.C2H2/c1-2-3-13-25-15-19-8-4-5-9-20(19)26(22(28)17-25)16-21(27)24-12-10-18-7-6-11-23-14-18;1-4-5(2)3;2*1-2/h2,4-9,11,14H,1,3,10,12-13,15-17H2,(H,24,27);4H,1-3H3;1-2H3;1-2H. The predicted octanol–water partition coefficient (Wildman–Crippen LogP) is 5.41. The molecule has 1 aromatic carbocycles. The highest BCUT2D eigenvalue weighted by Gasteiger charge is 2.27. The summed E-state index contributed by atoms with van der Waals surface area (Å²) in [6, 6.07) is 11.6. The molecule has 0 radical (unpaired) electrons. The molecule has 1 aromatic heterocycles. The summed E-state index contributed by atoms with van der Waals surface area (Å²) in [5, 5.41) is 2.91. The summed E-state index contributed by atoms with van der Waals surface area (Å²) in [4.78, 5) is 33.1. The van der Waals surface area contributed by atoms with Crippen molar-refractivity contribution < 1.29 is 9.59 Å². The van der Waals surface area contributed by atoms with Crippen molar-refractivity contribution in [3.05, 3.63) is 84.2 Å². The normalized spacial score (nSPS) is 12.0. The van der Waals surface area contributed by atoms with Crippen LogP contribution in [0.3, 0.4) is 0 Å². The second-order valence-electron chi connectivity index (χ2n) is 8.22. The van der Waals surface area contributed by atoms with Crippen molar-refractivity contribution in [3.8, 4) is 12.8 Å². The Morgan fingerprint density at radius 3 is 2.41 bits per heavy atom. The van der Waals surface area contributed by atoms with E-state index in [4.69, 9.17) is 0 Å². The molecule has 0 bridgehead atoms. The fraction of sp³-hybridized carbons (Fsp3) is 0.387. The zero-order valence-electron chi connectivity index (χ0n) is 23.2. The molecule has 0 saturated carbocycles. The second kappa shape index (κ2) is 20.5. The van der Waals surface area contributed by atoms with Crippen molar-refractivity contribution >= 4 is 17.5 Å². The molecule has 0 unspecified atom stereocenters. The number of nitrogens with zero attached hydrogens (tertiary/aromatic N) is 3. The number of anilines is 1. The van der Waals surface area contributed by atoms with Crippen LogP contribution < -0.4 is 10.2 Å². The number of rotatable bonds is 8. The maximum Gasteiger partial charge on any atom is 0.241 e. The number of carbonyl (C=O) groups is 2. The largest absolute Gasteiger partial charge is 0.354 e. The van der Waals surface area contributed by atoms with E-state index in [1.807, 2.05) is 63.2 Å². The third-order valence-corrected chi connectivity index (χ3v) is 5.32. The van der Waals surface area contributed by atoms with Gasteiger partial charge in [0.25, 0.3) is 0 Å². The van der Waals surface area contributed by atoms with Crippen LogP contribution in [0.5, 0.6) is 0 Å². The molecule has 37 heavy (non-hydrogen) atoms. The van der Waals surface area contributed by atoms with Crippen LogP contribution in [0.2, 0.25) is 0 Å². The highest BCUT2D eigenvalue weighted by Crippen LogP contribution is 2.25. The third-order valence-electron chi connectivity index (χ3n) is 5.32. The number of benzene rings is 1. The lowest BCUT2D eigenvalue weighted by Gasteiger charge is -2.22. The lowest BCUT2D eigenvalue weighted by molar-refractivity contribution is -0.124. The van der Waals surface area contributed by atoms with Crippen molar-refractivity contribution in [2.45, 2.75) is 54.0 Å². The number of para-hydroxylation sites is 1. The lowest BCUT2D eigenvalue weighted by Crippen LogP contribution is -2.44. The summed E-state index contributed by atoms with van der Waals surface area (Å²) in [6.07, 6.45) is 17.0. The summed E-state index contributed by atoms with van der Waals surface area (Å²) in [5.74, 6) is -0.219. The van der Waals surface area contributed by atoms with Gasteiger partial charge in [-0.1, -0.05) is 55.8 Å². The predicted molar refractivity (Wildman–Crippen MR) is 156 cm³/mol. The average Bonchev–Trinajstić information content (AvgIpc) is 3.06. The molecule has 200 valence electrons. The fourth-order valence-electron chi connectivity index (χ4n) is 3.31. The van der Waals surface area contributed by atoms with Crippen molar-refractivity contribution in [2.75, 3.05) is 31.1 Å². The van der Waals surface area contributed by atoms with Crippen LogP contribution in [0.1, 0.15) is 52.2 Å². The quantitative estimate of drug-likeness (QED) is 0.385. The van der Waals surface area contributed by atoms with Gasteiger partial charge in [-0.15, -0.1) is 19.4 Å². The van der Waals surface area contributed by atoms with E-state index >= 15 is 0 Å². The zero-order valence-corrected chi connectivity index (χ0v) is 23.2. The number of pyridine rings is 1. The molecule has 1 aliphatic rings. The van der Waals surface area contributed by atoms with Crippen LogP contribution in [0.4, 0.5) is 5.69 Å². The van der Waals surface area contributed by atoms with Crippen LogP contribution in [-0.2, 0) is 22.6 Å². The van der Waals surface area contributed by atoms with Gasteiger partial charge in [-0.3, -0.25) is 19.5 Å². The molecular formula is C31H44N4O2. The topological polar surface area (TPSA) is 65.5 Å². The Morgan fingerprint density at radius 2 is 1.81 bits per heavy atom. The number of nitrogens with one attached hydrogen (secondary N) is 1. The molecule has 2 amide bonds. The number of carbonyl (C=O) groups excluding carboxylic acids is 2. The van der Waals surface area contributed by atoms with Gasteiger partial charge in [0.2, 0.25) is 11.8 Å². The van der Waals surface area contributed by atoms with Crippen molar-refractivity contribution in [1.82, 2.24) is 15.2 Å². The minimum absolute atomic E-state index is 0.0260. The van der Waals surface area contributed by atoms with Crippen molar-refractivity contribution in [3.63, 3.8) is 0 Å². The molecule has 2 aromatic rings. The first-order valence-corrected chi connectivity index (χ1v) is 12.7. The van der Waals surface area contributed by atoms with Gasteiger partial charge in [-0.25, -0.2) is 0 Å². The summed E-state index contributed by atoms with van der Waals surface area (Å²) in [7, 11) is 0. The number of hydrogen-bond acceptors (Lipinski definition) is 4. The molecule has 0 spiro atoms. The first kappa shape index (κ1) is 33.3. The average molecular weight is 505 g/mol. The molecule has 0 fully saturated rings. The van der Waals surface area contributed by atoms with Crippen LogP contribution in [0.15, 0.2) is 73.1 Å². The van der Waals surface area contributed by atoms with Crippen molar-refractivity contribution in [1.29, 1.82) is 0 Å². The first-order valence-electron chi connectivity index (χ1n) is 12.7. The molecule has 1 N–H and O–H groups in total. The Hall–Kier alpha value is -3.69. The van der Waals surface area contributed by atoms with Gasteiger partial charge in [0.15, 0.2) is 0 Å². The second-order valence-corrected chi connectivity index (χ2v) is 8.22. The van der Waals surface area contributed by atoms with Gasteiger partial charge in [-0.2, -0.15) is 0 Å². The number of allylic oxidation sites excluding steroid dienone is 2. The Labute approximate surface area is 224 Å². The number of fused-ring (bicyclic) bond motifs is 1. The molecule has 3 rings (SSSR count). The van der Waals surface area contributed by atoms with Crippen molar-refractivity contribution in [2.24, 2.45) is 0 Å². The van der Waals surface area contributed by atoms with E-state index in [9.17, 15) is 9.59 Å². The molecule has 6 heteroatoms. The summed E-state index contributed by atoms with van der Waals surface area (Å²) >= 11 is 0. The summed E-state index contributed by atoms with van der Waals surface area (Å²) < 4.78 is 0. The number of terminal acetylenes is 1. The summed E-state index contributed by atoms with van der Waals surface area (Å²) in [5.41, 5.74) is 4.32. The maximum atomic E-state index is 12.9. The Balaban J connectivity index is 0.00000127. The lowest BCUT2D eigenvalue weighted by atomic mass is 10.1. The fourth-order valence-corrected chi connectivity index (χ4v) is 3.31. The molecular weight excluding hydrogens is 460 g/mol. The first-order chi connectivity index (χ1) is 17.9. The van der Waals surface area contributed by atoms with E-state index in [0.717, 1.165) is 29.8 Å². The zero-order chi connectivity index (χ0) is 28.1. The van der Waals surface area contributed by atoms with Gasteiger partial charge >= 0.3 is 0 Å². The monoisotopic (exact) mass is 504 g/mol. The van der Waals surface area contributed by atoms with Gasteiger partial charge in [0.1, 0.15) is 6.54 Å². The number of amides is 2. The number of aromatic nitrogens is 1. The summed E-state index contributed by atoms with van der Waals surface area (Å²) in [6.45, 7) is 16.3. The van der Waals surface area contributed by atoms with E-state index in [1.165, 1.54) is 5.57 Å². The minimum Gasteiger partial charge on any atom is -0.354 e. The van der Waals surface area contributed by atoms with E-state index in [1.54, 1.807) is 17.3 Å². The SMILES string of the molecule is C#C.C=CCCN1CC(=O)N(CC(=O)NCCc2cccnc2)c2ccccc2C1.CC.CC=C(C)C. The van der Waals surface area contributed by atoms with Crippen LogP contribution in [0, 0.1) is 12.8 Å². The van der Waals surface area contributed by atoms with E-state index in [0.29, 0.717) is 26.1 Å². The van der Waals surface area contributed by atoms with Gasteiger partial charge in [0, 0.05) is 37.7 Å². The van der Waals surface area contributed by atoms with Gasteiger partial charge < -0.3 is 10.2 Å². The smallest absolute Gasteiger partial charge is 0.241 e. The molecule has 0 saturated heterocycles. The highest BCUT2D eigenvalue weighted by molar-refractivity contribution is 6.00. The van der Waals surface area contributed by atoms with Crippen LogP contribution in [0.25, 0.3) is 0 Å². The molecule has 0 aliphatic carbocycles. The van der Waals surface area contributed by atoms with Crippen LogP contribution in [-0.4, -0.2) is 47.9 Å². The molecule has 0 atom stereocenters. The minimum atomic E-state index is -0.161. The maximum absolute atomic E-state index is 12.9. The van der Waals surface area contributed by atoms with E-state index in [-0.39, 0.29) is 18.4 Å². The third kappa shape index (κ3) is 13.3. The van der Waals surface area contributed by atoms with Crippen LogP contribution >= 0.6 is 0 Å². The Bertz CT molecular complexity index is 979. The Morgan fingerprint density at radius 1 is 1.14 bits per heavy atom. The molecule has 6 nitrogen and oxygen atoms in total. The van der Waals surface area contributed by atoms with E-state index in [2.05, 4.69) is 54.5 Å². The molecule has 2 heterocycles.